The summed E-state index contributed by atoms with van der Waals surface area (Å²) in [7, 11) is 1.27. The number of hydrogen-bond donors (Lipinski definition) is 1. The Balaban J connectivity index is 1.67. The first kappa shape index (κ1) is 22.3. The fourth-order valence-corrected chi connectivity index (χ4v) is 4.23. The SMILES string of the molecule is COC(=O)c1ccn2c(-c3cc(OCc4ccccc4C(F)(F)F)c(C(N)=O)s3)cnc2c1. The van der Waals surface area contributed by atoms with Gasteiger partial charge in [0.05, 0.1) is 35.0 Å². The summed E-state index contributed by atoms with van der Waals surface area (Å²) in [6, 6.07) is 9.67. The summed E-state index contributed by atoms with van der Waals surface area (Å²) in [5.74, 6) is -1.21. The van der Waals surface area contributed by atoms with Crippen LogP contribution in [0.2, 0.25) is 0 Å². The fraction of sp³-hybridized carbons (Fsp3) is 0.136. The van der Waals surface area contributed by atoms with Crippen molar-refractivity contribution in [1.82, 2.24) is 9.38 Å². The van der Waals surface area contributed by atoms with Gasteiger partial charge in [-0.05, 0) is 18.2 Å². The number of fused-ring (bicyclic) bond motifs is 1. The maximum atomic E-state index is 13.3. The maximum Gasteiger partial charge on any atom is 0.416 e. The van der Waals surface area contributed by atoms with Gasteiger partial charge in [0, 0.05) is 17.8 Å². The summed E-state index contributed by atoms with van der Waals surface area (Å²) in [4.78, 5) is 28.6. The zero-order chi connectivity index (χ0) is 23.8. The van der Waals surface area contributed by atoms with Gasteiger partial charge in [-0.1, -0.05) is 18.2 Å². The van der Waals surface area contributed by atoms with Crippen molar-refractivity contribution in [2.24, 2.45) is 5.73 Å². The maximum absolute atomic E-state index is 13.3. The van der Waals surface area contributed by atoms with E-state index in [4.69, 9.17) is 15.2 Å². The van der Waals surface area contributed by atoms with Gasteiger partial charge in [-0.2, -0.15) is 13.2 Å². The second kappa shape index (κ2) is 8.58. The van der Waals surface area contributed by atoms with Gasteiger partial charge in [0.25, 0.3) is 5.91 Å². The van der Waals surface area contributed by atoms with Gasteiger partial charge < -0.3 is 15.2 Å². The van der Waals surface area contributed by atoms with E-state index < -0.39 is 30.2 Å². The quantitative estimate of drug-likeness (QED) is 0.413. The Bertz CT molecular complexity index is 1360. The van der Waals surface area contributed by atoms with E-state index in [1.807, 2.05) is 0 Å². The molecular weight excluding hydrogens is 459 g/mol. The van der Waals surface area contributed by atoms with Crippen LogP contribution in [0.4, 0.5) is 13.2 Å². The van der Waals surface area contributed by atoms with Crippen molar-refractivity contribution in [2.45, 2.75) is 12.8 Å². The molecule has 0 aliphatic carbocycles. The lowest BCUT2D eigenvalue weighted by Crippen LogP contribution is -2.13. The van der Waals surface area contributed by atoms with Crippen molar-refractivity contribution in [3.63, 3.8) is 0 Å². The molecule has 0 aliphatic rings. The molecule has 0 saturated carbocycles. The summed E-state index contributed by atoms with van der Waals surface area (Å²) >= 11 is 1.03. The van der Waals surface area contributed by atoms with Crippen molar-refractivity contribution in [3.05, 3.63) is 76.4 Å². The normalized spacial score (nSPS) is 11.5. The number of carbonyl (C=O) groups excluding carboxylic acids is 2. The number of thiophene rings is 1. The summed E-state index contributed by atoms with van der Waals surface area (Å²) in [5.41, 5.74) is 5.94. The lowest BCUT2D eigenvalue weighted by molar-refractivity contribution is -0.138. The monoisotopic (exact) mass is 475 g/mol. The largest absolute Gasteiger partial charge is 0.487 e. The Hall–Kier alpha value is -3.86. The molecule has 1 aromatic carbocycles. The second-order valence-electron chi connectivity index (χ2n) is 6.89. The van der Waals surface area contributed by atoms with Crippen LogP contribution < -0.4 is 10.5 Å². The summed E-state index contributed by atoms with van der Waals surface area (Å²) in [5, 5.41) is 0. The van der Waals surface area contributed by atoms with Crippen LogP contribution in [0.15, 0.2) is 54.9 Å². The number of rotatable bonds is 6. The van der Waals surface area contributed by atoms with E-state index in [-0.39, 0.29) is 16.2 Å². The number of methoxy groups -OCH3 is 1. The molecule has 0 saturated heterocycles. The number of primary amides is 1. The molecule has 170 valence electrons. The Morgan fingerprint density at radius 1 is 1.18 bits per heavy atom. The fourth-order valence-electron chi connectivity index (χ4n) is 3.27. The molecule has 7 nitrogen and oxygen atoms in total. The molecule has 4 rings (SSSR count). The topological polar surface area (TPSA) is 95.9 Å². The highest BCUT2D eigenvalue weighted by atomic mass is 32.1. The van der Waals surface area contributed by atoms with E-state index in [0.717, 1.165) is 17.4 Å². The number of pyridine rings is 1. The average molecular weight is 475 g/mol. The molecule has 0 unspecified atom stereocenters. The highest BCUT2D eigenvalue weighted by Crippen LogP contribution is 2.38. The first-order chi connectivity index (χ1) is 15.7. The molecule has 1 amide bonds. The second-order valence-corrected chi connectivity index (χ2v) is 7.94. The van der Waals surface area contributed by atoms with Crippen LogP contribution in [0.5, 0.6) is 5.75 Å². The predicted molar refractivity (Wildman–Crippen MR) is 114 cm³/mol. The average Bonchev–Trinajstić information content (AvgIpc) is 3.40. The minimum Gasteiger partial charge on any atom is -0.487 e. The number of halogens is 3. The molecule has 4 aromatic rings. The number of nitrogens with zero attached hydrogens (tertiary/aromatic N) is 2. The third-order valence-electron chi connectivity index (χ3n) is 4.81. The number of imidazole rings is 1. The van der Waals surface area contributed by atoms with E-state index in [2.05, 4.69) is 4.98 Å². The van der Waals surface area contributed by atoms with E-state index >= 15 is 0 Å². The summed E-state index contributed by atoms with van der Waals surface area (Å²) < 4.78 is 51.7. The van der Waals surface area contributed by atoms with Gasteiger partial charge in [-0.15, -0.1) is 11.3 Å². The Kier molecular flexibility index (Phi) is 5.81. The first-order valence-corrected chi connectivity index (χ1v) is 10.3. The van der Waals surface area contributed by atoms with Crippen LogP contribution in [-0.4, -0.2) is 28.4 Å². The zero-order valence-corrected chi connectivity index (χ0v) is 17.9. The number of benzene rings is 1. The van der Waals surface area contributed by atoms with Crippen molar-refractivity contribution in [2.75, 3.05) is 7.11 Å². The van der Waals surface area contributed by atoms with E-state index in [0.29, 0.717) is 21.8 Å². The highest BCUT2D eigenvalue weighted by Gasteiger charge is 2.33. The van der Waals surface area contributed by atoms with Crippen LogP contribution in [0.25, 0.3) is 16.2 Å². The van der Waals surface area contributed by atoms with Gasteiger partial charge in [0.1, 0.15) is 22.9 Å². The molecule has 0 radical (unpaired) electrons. The molecule has 0 fully saturated rings. The molecule has 3 aromatic heterocycles. The molecule has 0 bridgehead atoms. The lowest BCUT2D eigenvalue weighted by atomic mass is 10.1. The number of amides is 1. The molecule has 0 aliphatic heterocycles. The number of esters is 1. The Morgan fingerprint density at radius 3 is 2.64 bits per heavy atom. The van der Waals surface area contributed by atoms with E-state index in [1.54, 1.807) is 22.7 Å². The van der Waals surface area contributed by atoms with Crippen molar-refractivity contribution in [1.29, 1.82) is 0 Å². The first-order valence-electron chi connectivity index (χ1n) is 9.46. The zero-order valence-electron chi connectivity index (χ0n) is 17.1. The Morgan fingerprint density at radius 2 is 1.94 bits per heavy atom. The summed E-state index contributed by atoms with van der Waals surface area (Å²) in [6.45, 7) is -0.401. The molecule has 0 atom stereocenters. The van der Waals surface area contributed by atoms with Crippen molar-refractivity contribution >= 4 is 28.9 Å². The molecule has 3 heterocycles. The number of hydrogen-bond acceptors (Lipinski definition) is 6. The smallest absolute Gasteiger partial charge is 0.416 e. The van der Waals surface area contributed by atoms with E-state index in [1.165, 1.54) is 37.6 Å². The minimum absolute atomic E-state index is 0.0654. The Labute approximate surface area is 189 Å². The highest BCUT2D eigenvalue weighted by molar-refractivity contribution is 7.17. The van der Waals surface area contributed by atoms with Gasteiger partial charge in [-0.25, -0.2) is 9.78 Å². The minimum atomic E-state index is -4.54. The number of carbonyl (C=O) groups is 2. The van der Waals surface area contributed by atoms with Crippen LogP contribution in [0.3, 0.4) is 0 Å². The van der Waals surface area contributed by atoms with E-state index in [9.17, 15) is 22.8 Å². The molecular formula is C22H16F3N3O4S. The third kappa shape index (κ3) is 4.40. The van der Waals surface area contributed by atoms with Crippen LogP contribution >= 0.6 is 11.3 Å². The molecule has 0 spiro atoms. The van der Waals surface area contributed by atoms with Crippen molar-refractivity contribution in [3.8, 4) is 16.3 Å². The number of aromatic nitrogens is 2. The van der Waals surface area contributed by atoms with Gasteiger partial charge in [-0.3, -0.25) is 9.20 Å². The number of nitrogens with two attached hydrogens (primary N) is 1. The number of ether oxygens (including phenoxy) is 2. The molecule has 33 heavy (non-hydrogen) atoms. The van der Waals surface area contributed by atoms with Crippen LogP contribution in [0.1, 0.15) is 31.2 Å². The van der Waals surface area contributed by atoms with Gasteiger partial charge in [0.15, 0.2) is 0 Å². The van der Waals surface area contributed by atoms with Gasteiger partial charge >= 0.3 is 12.1 Å². The summed E-state index contributed by atoms with van der Waals surface area (Å²) in [6.07, 6.45) is -1.38. The molecule has 2 N–H and O–H groups in total. The lowest BCUT2D eigenvalue weighted by Gasteiger charge is -2.13. The van der Waals surface area contributed by atoms with Crippen molar-refractivity contribution < 1.29 is 32.2 Å². The van der Waals surface area contributed by atoms with Crippen LogP contribution in [0, 0.1) is 0 Å². The molecule has 11 heteroatoms. The van der Waals surface area contributed by atoms with Gasteiger partial charge in [0.2, 0.25) is 0 Å². The van der Waals surface area contributed by atoms with Crippen LogP contribution in [-0.2, 0) is 17.5 Å². The number of alkyl halides is 3. The third-order valence-corrected chi connectivity index (χ3v) is 5.97. The predicted octanol–water partition coefficient (Wildman–Crippen LogP) is 4.55. The standard InChI is InChI=1S/C22H16F3N3O4S/c1-31-21(30)12-6-7-28-15(10-27-18(28)8-12)17-9-16(19(33-17)20(26)29)32-11-13-4-2-3-5-14(13)22(23,24)25/h2-10H,11H2,1H3,(H2,26,29).